The van der Waals surface area contributed by atoms with Gasteiger partial charge in [0.2, 0.25) is 5.78 Å². The third-order valence-electron chi connectivity index (χ3n) is 2.43. The molecule has 0 aliphatic rings. The second-order valence-corrected chi connectivity index (χ2v) is 3.69. The number of halogens is 3. The topological polar surface area (TPSA) is 68.9 Å². The molecular formula is C12H8F3N3O. The number of hydrogen-bond donors (Lipinski definition) is 1. The van der Waals surface area contributed by atoms with E-state index in [9.17, 15) is 18.0 Å². The van der Waals surface area contributed by atoms with Gasteiger partial charge in [0, 0.05) is 18.6 Å². The van der Waals surface area contributed by atoms with Gasteiger partial charge in [0.05, 0.1) is 16.8 Å². The Labute approximate surface area is 106 Å². The van der Waals surface area contributed by atoms with E-state index in [1.165, 1.54) is 18.3 Å². The average Bonchev–Trinajstić information content (AvgIpc) is 2.37. The molecule has 0 amide bonds. The van der Waals surface area contributed by atoms with Gasteiger partial charge in [-0.05, 0) is 18.2 Å². The first-order valence-electron chi connectivity index (χ1n) is 5.17. The second kappa shape index (κ2) is 4.68. The Morgan fingerprint density at radius 2 is 1.95 bits per heavy atom. The van der Waals surface area contributed by atoms with Gasteiger partial charge in [0.1, 0.15) is 5.69 Å². The van der Waals surface area contributed by atoms with Crippen LogP contribution in [0, 0.1) is 0 Å². The molecule has 2 rings (SSSR count). The molecule has 4 nitrogen and oxygen atoms in total. The molecule has 0 aliphatic carbocycles. The molecule has 0 fully saturated rings. The number of nitrogens with two attached hydrogens (primary N) is 1. The maximum Gasteiger partial charge on any atom is 0.417 e. The Hall–Kier alpha value is -2.44. The number of alkyl halides is 3. The first-order valence-corrected chi connectivity index (χ1v) is 5.17. The number of carbonyl (C=O) groups is 1. The molecule has 0 radical (unpaired) electrons. The van der Waals surface area contributed by atoms with Gasteiger partial charge in [-0.1, -0.05) is 0 Å². The van der Waals surface area contributed by atoms with Crippen molar-refractivity contribution in [2.75, 3.05) is 5.73 Å². The molecule has 0 aromatic carbocycles. The molecule has 0 unspecified atom stereocenters. The van der Waals surface area contributed by atoms with Gasteiger partial charge in [0.25, 0.3) is 0 Å². The number of aromatic nitrogens is 2. The number of nitrogen functional groups attached to an aromatic ring is 1. The molecule has 0 saturated heterocycles. The van der Waals surface area contributed by atoms with Crippen LogP contribution in [-0.4, -0.2) is 15.8 Å². The molecule has 0 bridgehead atoms. The highest BCUT2D eigenvalue weighted by Gasteiger charge is 2.35. The summed E-state index contributed by atoms with van der Waals surface area (Å²) in [5.41, 5.74) is 3.70. The fourth-order valence-corrected chi connectivity index (χ4v) is 1.56. The van der Waals surface area contributed by atoms with E-state index in [0.717, 1.165) is 18.5 Å². The summed E-state index contributed by atoms with van der Waals surface area (Å²) in [6.45, 7) is 0. The molecule has 0 aliphatic heterocycles. The van der Waals surface area contributed by atoms with Crippen LogP contribution in [0.25, 0.3) is 0 Å². The molecule has 0 spiro atoms. The molecule has 0 atom stereocenters. The lowest BCUT2D eigenvalue weighted by atomic mass is 10.0. The molecule has 19 heavy (non-hydrogen) atoms. The average molecular weight is 267 g/mol. The molecule has 98 valence electrons. The quantitative estimate of drug-likeness (QED) is 0.848. The van der Waals surface area contributed by atoms with Crippen molar-refractivity contribution in [2.24, 2.45) is 0 Å². The van der Waals surface area contributed by atoms with Crippen LogP contribution >= 0.6 is 0 Å². The van der Waals surface area contributed by atoms with Gasteiger partial charge in [-0.25, -0.2) is 0 Å². The largest absolute Gasteiger partial charge is 0.417 e. The van der Waals surface area contributed by atoms with Crippen molar-refractivity contribution in [2.45, 2.75) is 6.18 Å². The van der Waals surface area contributed by atoms with E-state index in [1.807, 2.05) is 0 Å². The zero-order chi connectivity index (χ0) is 14.0. The summed E-state index contributed by atoms with van der Waals surface area (Å²) in [5, 5.41) is 0. The monoisotopic (exact) mass is 267 g/mol. The zero-order valence-corrected chi connectivity index (χ0v) is 9.48. The summed E-state index contributed by atoms with van der Waals surface area (Å²) >= 11 is 0. The summed E-state index contributed by atoms with van der Waals surface area (Å²) in [7, 11) is 0. The first-order chi connectivity index (χ1) is 8.91. The summed E-state index contributed by atoms with van der Waals surface area (Å²) in [6.07, 6.45) is -1.52. The Morgan fingerprint density at radius 3 is 2.58 bits per heavy atom. The van der Waals surface area contributed by atoms with Gasteiger partial charge in [-0.3, -0.25) is 14.8 Å². The lowest BCUT2D eigenvalue weighted by molar-refractivity contribution is -0.137. The molecular weight excluding hydrogens is 259 g/mol. The van der Waals surface area contributed by atoms with Crippen LogP contribution in [0.15, 0.2) is 36.8 Å². The van der Waals surface area contributed by atoms with Crippen molar-refractivity contribution in [1.29, 1.82) is 0 Å². The van der Waals surface area contributed by atoms with E-state index < -0.39 is 23.1 Å². The smallest absolute Gasteiger partial charge is 0.397 e. The molecule has 2 heterocycles. The Morgan fingerprint density at radius 1 is 1.21 bits per heavy atom. The lowest BCUT2D eigenvalue weighted by Crippen LogP contribution is -2.16. The van der Waals surface area contributed by atoms with Gasteiger partial charge < -0.3 is 5.73 Å². The number of hydrogen-bond acceptors (Lipinski definition) is 4. The predicted molar refractivity (Wildman–Crippen MR) is 61.3 cm³/mol. The minimum absolute atomic E-state index is 0.0180. The van der Waals surface area contributed by atoms with Crippen molar-refractivity contribution in [3.8, 4) is 0 Å². The minimum atomic E-state index is -4.64. The van der Waals surface area contributed by atoms with Crippen molar-refractivity contribution in [1.82, 2.24) is 9.97 Å². The van der Waals surface area contributed by atoms with E-state index in [-0.39, 0.29) is 11.4 Å². The predicted octanol–water partition coefficient (Wildman–Crippen LogP) is 2.31. The maximum atomic E-state index is 12.8. The van der Waals surface area contributed by atoms with Gasteiger partial charge in [-0.2, -0.15) is 13.2 Å². The van der Waals surface area contributed by atoms with Crippen molar-refractivity contribution in [3.05, 3.63) is 53.6 Å². The van der Waals surface area contributed by atoms with Crippen LogP contribution in [0.2, 0.25) is 0 Å². The fourth-order valence-electron chi connectivity index (χ4n) is 1.56. The van der Waals surface area contributed by atoms with Crippen molar-refractivity contribution in [3.63, 3.8) is 0 Å². The SMILES string of the molecule is Nc1cccnc1C(=O)c1cnccc1C(F)(F)F. The van der Waals surface area contributed by atoms with Crippen LogP contribution in [0.1, 0.15) is 21.6 Å². The zero-order valence-electron chi connectivity index (χ0n) is 9.48. The summed E-state index contributed by atoms with van der Waals surface area (Å²) < 4.78 is 38.4. The summed E-state index contributed by atoms with van der Waals surface area (Å²) in [6, 6.07) is 3.62. The van der Waals surface area contributed by atoms with Crippen LogP contribution in [-0.2, 0) is 6.18 Å². The third kappa shape index (κ3) is 2.54. The number of ketones is 1. The number of pyridine rings is 2. The first kappa shape index (κ1) is 13.0. The second-order valence-electron chi connectivity index (χ2n) is 3.69. The third-order valence-corrected chi connectivity index (χ3v) is 2.43. The standard InChI is InChI=1S/C12H8F3N3O/c13-12(14,15)8-3-5-17-6-7(8)11(19)10-9(16)2-1-4-18-10/h1-6H,16H2. The van der Waals surface area contributed by atoms with E-state index in [4.69, 9.17) is 5.73 Å². The van der Waals surface area contributed by atoms with Crippen molar-refractivity contribution < 1.29 is 18.0 Å². The summed E-state index contributed by atoms with van der Waals surface area (Å²) in [4.78, 5) is 19.3. The summed E-state index contributed by atoms with van der Waals surface area (Å²) in [5.74, 6) is -0.904. The number of anilines is 1. The van der Waals surface area contributed by atoms with Crippen molar-refractivity contribution >= 4 is 11.5 Å². The number of nitrogens with zero attached hydrogens (tertiary/aromatic N) is 2. The highest BCUT2D eigenvalue weighted by atomic mass is 19.4. The van der Waals surface area contributed by atoms with E-state index in [2.05, 4.69) is 9.97 Å². The van der Waals surface area contributed by atoms with E-state index >= 15 is 0 Å². The van der Waals surface area contributed by atoms with Crippen LogP contribution in [0.3, 0.4) is 0 Å². The normalized spacial score (nSPS) is 11.3. The highest BCUT2D eigenvalue weighted by molar-refractivity contribution is 6.11. The maximum absolute atomic E-state index is 12.8. The van der Waals surface area contributed by atoms with E-state index in [0.29, 0.717) is 0 Å². The highest BCUT2D eigenvalue weighted by Crippen LogP contribution is 2.32. The molecule has 2 N–H and O–H groups in total. The number of rotatable bonds is 2. The van der Waals surface area contributed by atoms with Crippen LogP contribution in [0.4, 0.5) is 18.9 Å². The minimum Gasteiger partial charge on any atom is -0.397 e. The fraction of sp³-hybridized carbons (Fsp3) is 0.0833. The van der Waals surface area contributed by atoms with Crippen LogP contribution in [0.5, 0.6) is 0 Å². The molecule has 2 aromatic heterocycles. The molecule has 2 aromatic rings. The Kier molecular flexibility index (Phi) is 3.20. The molecule has 0 saturated carbocycles. The van der Waals surface area contributed by atoms with Crippen LogP contribution < -0.4 is 5.73 Å². The van der Waals surface area contributed by atoms with Gasteiger partial charge in [-0.15, -0.1) is 0 Å². The Balaban J connectivity index is 2.55. The van der Waals surface area contributed by atoms with E-state index in [1.54, 1.807) is 0 Å². The number of carbonyl (C=O) groups excluding carboxylic acids is 1. The van der Waals surface area contributed by atoms with Gasteiger partial charge in [0.15, 0.2) is 0 Å². The van der Waals surface area contributed by atoms with Gasteiger partial charge >= 0.3 is 6.18 Å². The lowest BCUT2D eigenvalue weighted by Gasteiger charge is -2.11. The molecule has 7 heteroatoms. The Bertz CT molecular complexity index is 626.